The van der Waals surface area contributed by atoms with Crippen molar-refractivity contribution in [3.8, 4) is 0 Å². The zero-order chi connectivity index (χ0) is 17.6. The summed E-state index contributed by atoms with van der Waals surface area (Å²) in [5, 5.41) is 9.41. The number of urea groups is 1. The van der Waals surface area contributed by atoms with E-state index in [1.807, 2.05) is 18.2 Å². The van der Waals surface area contributed by atoms with Gasteiger partial charge in [0.2, 0.25) is 0 Å². The number of aryl methyl sites for hydroxylation is 1. The van der Waals surface area contributed by atoms with Gasteiger partial charge in [0.15, 0.2) is 0 Å². The Balaban J connectivity index is 1.55. The Bertz CT molecular complexity index is 913. The van der Waals surface area contributed by atoms with Crippen LogP contribution in [-0.4, -0.2) is 25.4 Å². The number of nitrogens with one attached hydrogen (secondary N) is 2. The summed E-state index contributed by atoms with van der Waals surface area (Å²) in [5.74, 6) is 0.666. The molecule has 0 spiro atoms. The highest BCUT2D eigenvalue weighted by atomic mass is 16.2. The van der Waals surface area contributed by atoms with E-state index in [0.717, 1.165) is 5.56 Å². The fourth-order valence-corrected chi connectivity index (χ4v) is 2.30. The molecule has 2 N–H and O–H groups in total. The van der Waals surface area contributed by atoms with Crippen LogP contribution >= 0.6 is 0 Å². The van der Waals surface area contributed by atoms with Gasteiger partial charge < -0.3 is 15.2 Å². The fraction of sp³-hybridized carbons (Fsp3) is 0.176. The molecule has 1 aromatic carbocycles. The van der Waals surface area contributed by atoms with Crippen molar-refractivity contribution in [2.24, 2.45) is 7.05 Å². The van der Waals surface area contributed by atoms with Gasteiger partial charge in [-0.1, -0.05) is 18.2 Å². The summed E-state index contributed by atoms with van der Waals surface area (Å²) in [7, 11) is 1.76. The van der Waals surface area contributed by atoms with Gasteiger partial charge >= 0.3 is 6.03 Å². The summed E-state index contributed by atoms with van der Waals surface area (Å²) in [6.45, 7) is 0.773. The third-order valence-corrected chi connectivity index (χ3v) is 3.68. The van der Waals surface area contributed by atoms with Gasteiger partial charge in [0.25, 0.3) is 5.56 Å². The van der Waals surface area contributed by atoms with Crippen LogP contribution in [0.3, 0.4) is 0 Å². The van der Waals surface area contributed by atoms with Crippen molar-refractivity contribution in [3.63, 3.8) is 0 Å². The molecular weight excluding hydrogens is 320 g/mol. The van der Waals surface area contributed by atoms with Crippen LogP contribution in [0, 0.1) is 0 Å². The lowest BCUT2D eigenvalue weighted by Gasteiger charge is -2.09. The number of hydrogen-bond donors (Lipinski definition) is 2. The van der Waals surface area contributed by atoms with Crippen molar-refractivity contribution >= 4 is 11.7 Å². The van der Waals surface area contributed by atoms with Crippen molar-refractivity contribution in [2.45, 2.75) is 13.1 Å². The monoisotopic (exact) mass is 338 g/mol. The SMILES string of the molecule is Cn1ncnc1CNC(=O)Nc1ccc(Cn2ccccc2=O)cc1. The van der Waals surface area contributed by atoms with Crippen molar-refractivity contribution in [1.82, 2.24) is 24.6 Å². The number of carbonyl (C=O) groups is 1. The minimum atomic E-state index is -0.324. The van der Waals surface area contributed by atoms with Crippen LogP contribution in [0.4, 0.5) is 10.5 Å². The van der Waals surface area contributed by atoms with Gasteiger partial charge in [0.05, 0.1) is 13.1 Å². The molecular formula is C17H18N6O2. The molecule has 0 bridgehead atoms. The second kappa shape index (κ2) is 7.43. The lowest BCUT2D eigenvalue weighted by molar-refractivity contribution is 0.251. The Morgan fingerprint density at radius 1 is 1.16 bits per heavy atom. The van der Waals surface area contributed by atoms with Crippen LogP contribution in [0.25, 0.3) is 0 Å². The van der Waals surface area contributed by atoms with Crippen molar-refractivity contribution in [3.05, 3.63) is 76.7 Å². The van der Waals surface area contributed by atoms with Crippen molar-refractivity contribution in [2.75, 3.05) is 5.32 Å². The number of hydrogen-bond acceptors (Lipinski definition) is 4. The number of amides is 2. The average molecular weight is 338 g/mol. The number of anilines is 1. The molecule has 0 aliphatic rings. The molecule has 0 fully saturated rings. The average Bonchev–Trinajstić information content (AvgIpc) is 3.02. The maximum atomic E-state index is 11.9. The molecule has 0 saturated carbocycles. The molecule has 0 aliphatic heterocycles. The van der Waals surface area contributed by atoms with Gasteiger partial charge in [0.1, 0.15) is 12.2 Å². The van der Waals surface area contributed by atoms with Crippen LogP contribution in [0.5, 0.6) is 0 Å². The smallest absolute Gasteiger partial charge is 0.319 e. The number of aromatic nitrogens is 4. The van der Waals surface area contributed by atoms with Gasteiger partial charge in [-0.2, -0.15) is 5.10 Å². The Labute approximate surface area is 144 Å². The molecule has 2 amide bonds. The van der Waals surface area contributed by atoms with Gasteiger partial charge in [-0.3, -0.25) is 9.48 Å². The molecule has 3 aromatic rings. The third kappa shape index (κ3) is 4.31. The van der Waals surface area contributed by atoms with Gasteiger partial charge in [-0.05, 0) is 23.8 Å². The Morgan fingerprint density at radius 2 is 1.96 bits per heavy atom. The first kappa shape index (κ1) is 16.4. The zero-order valence-corrected chi connectivity index (χ0v) is 13.7. The third-order valence-electron chi connectivity index (χ3n) is 3.68. The molecule has 2 heterocycles. The molecule has 8 nitrogen and oxygen atoms in total. The Kier molecular flexibility index (Phi) is 4.89. The van der Waals surface area contributed by atoms with Gasteiger partial charge in [-0.25, -0.2) is 9.78 Å². The number of pyridine rings is 1. The number of rotatable bonds is 5. The normalized spacial score (nSPS) is 10.4. The minimum Gasteiger partial charge on any atom is -0.331 e. The molecule has 8 heteroatoms. The van der Waals surface area contributed by atoms with E-state index in [0.29, 0.717) is 18.1 Å². The largest absolute Gasteiger partial charge is 0.331 e. The number of benzene rings is 1. The summed E-state index contributed by atoms with van der Waals surface area (Å²) in [5.41, 5.74) is 1.59. The Hall–Kier alpha value is -3.42. The molecule has 0 aliphatic carbocycles. The summed E-state index contributed by atoms with van der Waals surface area (Å²) >= 11 is 0. The maximum absolute atomic E-state index is 11.9. The summed E-state index contributed by atoms with van der Waals surface area (Å²) in [4.78, 5) is 27.7. The first-order chi connectivity index (χ1) is 12.1. The molecule has 2 aromatic heterocycles. The molecule has 128 valence electrons. The highest BCUT2D eigenvalue weighted by Crippen LogP contribution is 2.10. The summed E-state index contributed by atoms with van der Waals surface area (Å²) < 4.78 is 3.22. The Morgan fingerprint density at radius 3 is 2.64 bits per heavy atom. The van der Waals surface area contributed by atoms with Gasteiger partial charge in [0, 0.05) is 25.0 Å². The highest BCUT2D eigenvalue weighted by molar-refractivity contribution is 5.89. The van der Waals surface area contributed by atoms with E-state index in [9.17, 15) is 9.59 Å². The van der Waals surface area contributed by atoms with Crippen LogP contribution in [0.15, 0.2) is 59.8 Å². The first-order valence-corrected chi connectivity index (χ1v) is 7.74. The molecule has 3 rings (SSSR count). The minimum absolute atomic E-state index is 0.0483. The van der Waals surface area contributed by atoms with Crippen molar-refractivity contribution in [1.29, 1.82) is 0 Å². The first-order valence-electron chi connectivity index (χ1n) is 7.74. The quantitative estimate of drug-likeness (QED) is 0.734. The zero-order valence-electron chi connectivity index (χ0n) is 13.7. The number of nitrogens with zero attached hydrogens (tertiary/aromatic N) is 4. The topological polar surface area (TPSA) is 93.8 Å². The molecule has 25 heavy (non-hydrogen) atoms. The lowest BCUT2D eigenvalue weighted by atomic mass is 10.2. The fourth-order valence-electron chi connectivity index (χ4n) is 2.30. The van der Waals surface area contributed by atoms with E-state index in [1.165, 1.54) is 12.4 Å². The van der Waals surface area contributed by atoms with Crippen LogP contribution in [0.2, 0.25) is 0 Å². The van der Waals surface area contributed by atoms with Crippen molar-refractivity contribution < 1.29 is 4.79 Å². The van der Waals surface area contributed by atoms with E-state index >= 15 is 0 Å². The van der Waals surface area contributed by atoms with Crippen LogP contribution in [-0.2, 0) is 20.1 Å². The van der Waals surface area contributed by atoms with E-state index < -0.39 is 0 Å². The lowest BCUT2D eigenvalue weighted by Crippen LogP contribution is -2.29. The molecule has 0 unspecified atom stereocenters. The van der Waals surface area contributed by atoms with E-state index in [4.69, 9.17) is 0 Å². The van der Waals surface area contributed by atoms with Gasteiger partial charge in [-0.15, -0.1) is 0 Å². The van der Waals surface area contributed by atoms with Crippen LogP contribution in [0.1, 0.15) is 11.4 Å². The summed E-state index contributed by atoms with van der Waals surface area (Å²) in [6.07, 6.45) is 3.18. The number of carbonyl (C=O) groups excluding carboxylic acids is 1. The van der Waals surface area contributed by atoms with E-state index in [2.05, 4.69) is 20.7 Å². The van der Waals surface area contributed by atoms with Crippen LogP contribution < -0.4 is 16.2 Å². The second-order valence-electron chi connectivity index (χ2n) is 5.47. The predicted octanol–water partition coefficient (Wildman–Crippen LogP) is 1.35. The standard InChI is InChI=1S/C17H18N6O2/c1-22-15(19-12-20-22)10-18-17(25)21-14-7-5-13(6-8-14)11-23-9-3-2-4-16(23)24/h2-9,12H,10-11H2,1H3,(H2,18,21,25). The second-order valence-corrected chi connectivity index (χ2v) is 5.47. The van der Waals surface area contributed by atoms with E-state index in [1.54, 1.807) is 40.7 Å². The predicted molar refractivity (Wildman–Crippen MR) is 93.1 cm³/mol. The molecule has 0 atom stereocenters. The maximum Gasteiger partial charge on any atom is 0.319 e. The molecule has 0 radical (unpaired) electrons. The van der Waals surface area contributed by atoms with E-state index in [-0.39, 0.29) is 18.1 Å². The highest BCUT2D eigenvalue weighted by Gasteiger charge is 2.05. The summed E-state index contributed by atoms with van der Waals surface area (Å²) in [6, 6.07) is 12.1. The molecule has 0 saturated heterocycles.